The Labute approximate surface area is 195 Å². The number of benzene rings is 2. The molecule has 170 valence electrons. The fourth-order valence-electron chi connectivity index (χ4n) is 3.38. The first kappa shape index (κ1) is 22.3. The van der Waals surface area contributed by atoms with Gasteiger partial charge in [0.05, 0.1) is 24.9 Å². The van der Waals surface area contributed by atoms with E-state index >= 15 is 0 Å². The molecule has 33 heavy (non-hydrogen) atoms. The molecule has 9 nitrogen and oxygen atoms in total. The first-order valence-corrected chi connectivity index (χ1v) is 10.4. The largest absolute Gasteiger partial charge is 0.487 e. The monoisotopic (exact) mass is 467 g/mol. The molecule has 0 radical (unpaired) electrons. The van der Waals surface area contributed by atoms with Crippen LogP contribution in [0.5, 0.6) is 17.5 Å². The Morgan fingerprint density at radius 1 is 1.03 bits per heavy atom. The Hall–Kier alpha value is -3.85. The molecule has 2 heterocycles. The second-order valence-electron chi connectivity index (χ2n) is 7.21. The van der Waals surface area contributed by atoms with Gasteiger partial charge in [-0.25, -0.2) is 4.79 Å². The number of hydrogen-bond acceptors (Lipinski definition) is 7. The number of aromatic nitrogens is 5. The standard InChI is InChI=1S/C23H22ClN5O4/c1-14-6-5-7-19(29-23(30)28(2)26-27-29)17(14)13-33-20-12-15(8-10-18(20)24)16-9-11-21(31-3)25-22(16)32-4/h5-12H,13H2,1-4H3. The van der Waals surface area contributed by atoms with E-state index in [1.54, 1.807) is 39.5 Å². The van der Waals surface area contributed by atoms with Crippen LogP contribution in [0.15, 0.2) is 53.3 Å². The fourth-order valence-corrected chi connectivity index (χ4v) is 3.55. The molecule has 0 aliphatic rings. The number of hydrogen-bond donors (Lipinski definition) is 0. The maximum Gasteiger partial charge on any atom is 0.368 e. The predicted molar refractivity (Wildman–Crippen MR) is 123 cm³/mol. The summed E-state index contributed by atoms with van der Waals surface area (Å²) in [6.45, 7) is 2.11. The van der Waals surface area contributed by atoms with E-state index in [1.807, 2.05) is 37.3 Å². The lowest BCUT2D eigenvalue weighted by atomic mass is 10.1. The first-order chi connectivity index (χ1) is 15.9. The molecule has 0 unspecified atom stereocenters. The summed E-state index contributed by atoms with van der Waals surface area (Å²) in [6, 6.07) is 14.6. The molecule has 0 saturated carbocycles. The van der Waals surface area contributed by atoms with Gasteiger partial charge in [0.15, 0.2) is 0 Å². The minimum Gasteiger partial charge on any atom is -0.487 e. The van der Waals surface area contributed by atoms with Crippen molar-refractivity contribution < 1.29 is 14.2 Å². The van der Waals surface area contributed by atoms with Gasteiger partial charge in [0.2, 0.25) is 11.8 Å². The molecule has 10 heteroatoms. The van der Waals surface area contributed by atoms with Gasteiger partial charge < -0.3 is 14.2 Å². The van der Waals surface area contributed by atoms with Crippen molar-refractivity contribution in [1.29, 1.82) is 0 Å². The highest BCUT2D eigenvalue weighted by Gasteiger charge is 2.16. The number of rotatable bonds is 7. The Kier molecular flexibility index (Phi) is 6.32. The lowest BCUT2D eigenvalue weighted by Gasteiger charge is -2.15. The van der Waals surface area contributed by atoms with E-state index in [9.17, 15) is 4.79 Å². The molecule has 4 rings (SSSR count). The second kappa shape index (κ2) is 9.33. The highest BCUT2D eigenvalue weighted by molar-refractivity contribution is 6.32. The van der Waals surface area contributed by atoms with Crippen LogP contribution in [0.3, 0.4) is 0 Å². The Bertz CT molecular complexity index is 1370. The molecule has 0 bridgehead atoms. The molecular formula is C23H22ClN5O4. The number of nitrogens with zero attached hydrogens (tertiary/aromatic N) is 5. The van der Waals surface area contributed by atoms with Crippen LogP contribution in [0.25, 0.3) is 16.8 Å². The van der Waals surface area contributed by atoms with Gasteiger partial charge in [-0.05, 0) is 52.7 Å². The normalized spacial score (nSPS) is 10.8. The summed E-state index contributed by atoms with van der Waals surface area (Å²) in [5.74, 6) is 1.35. The molecule has 2 aromatic heterocycles. The van der Waals surface area contributed by atoms with E-state index in [0.717, 1.165) is 22.3 Å². The van der Waals surface area contributed by atoms with Gasteiger partial charge in [-0.15, -0.1) is 0 Å². The lowest BCUT2D eigenvalue weighted by Crippen LogP contribution is -2.23. The third-order valence-electron chi connectivity index (χ3n) is 5.19. The number of halogens is 1. The highest BCUT2D eigenvalue weighted by Crippen LogP contribution is 2.36. The predicted octanol–water partition coefficient (Wildman–Crippen LogP) is 3.59. The number of tetrazole rings is 1. The summed E-state index contributed by atoms with van der Waals surface area (Å²) in [6.07, 6.45) is 0. The molecule has 2 aromatic carbocycles. The second-order valence-corrected chi connectivity index (χ2v) is 7.62. The number of methoxy groups -OCH3 is 2. The van der Waals surface area contributed by atoms with Crippen molar-refractivity contribution in [1.82, 2.24) is 24.8 Å². The van der Waals surface area contributed by atoms with Gasteiger partial charge in [-0.3, -0.25) is 0 Å². The van der Waals surface area contributed by atoms with Gasteiger partial charge >= 0.3 is 5.69 Å². The minimum absolute atomic E-state index is 0.173. The highest BCUT2D eigenvalue weighted by atomic mass is 35.5. The summed E-state index contributed by atoms with van der Waals surface area (Å²) in [7, 11) is 4.64. The minimum atomic E-state index is -0.346. The molecule has 0 saturated heterocycles. The fraction of sp³-hybridized carbons (Fsp3) is 0.217. The summed E-state index contributed by atoms with van der Waals surface area (Å²) in [5, 5.41) is 8.20. The average molecular weight is 468 g/mol. The van der Waals surface area contributed by atoms with E-state index in [1.165, 1.54) is 9.36 Å². The van der Waals surface area contributed by atoms with Crippen LogP contribution < -0.4 is 19.9 Å². The molecule has 0 atom stereocenters. The summed E-state index contributed by atoms with van der Waals surface area (Å²) in [4.78, 5) is 16.7. The summed E-state index contributed by atoms with van der Waals surface area (Å²) < 4.78 is 19.1. The van der Waals surface area contributed by atoms with E-state index in [4.69, 9.17) is 25.8 Å². The number of aryl methyl sites for hydroxylation is 2. The molecule has 0 amide bonds. The lowest BCUT2D eigenvalue weighted by molar-refractivity contribution is 0.305. The zero-order chi connectivity index (χ0) is 23.5. The van der Waals surface area contributed by atoms with Crippen LogP contribution in [0.2, 0.25) is 5.02 Å². The Balaban J connectivity index is 1.67. The molecular weight excluding hydrogens is 446 g/mol. The Morgan fingerprint density at radius 3 is 2.55 bits per heavy atom. The van der Waals surface area contributed by atoms with Gasteiger partial charge in [0.1, 0.15) is 12.4 Å². The molecule has 0 fully saturated rings. The van der Waals surface area contributed by atoms with E-state index in [-0.39, 0.29) is 12.3 Å². The Morgan fingerprint density at radius 2 is 1.85 bits per heavy atom. The molecule has 0 N–H and O–H groups in total. The van der Waals surface area contributed by atoms with Crippen molar-refractivity contribution in [3.63, 3.8) is 0 Å². The van der Waals surface area contributed by atoms with Crippen LogP contribution in [0.1, 0.15) is 11.1 Å². The third-order valence-corrected chi connectivity index (χ3v) is 5.50. The van der Waals surface area contributed by atoms with E-state index in [0.29, 0.717) is 28.2 Å². The van der Waals surface area contributed by atoms with E-state index in [2.05, 4.69) is 15.4 Å². The smallest absolute Gasteiger partial charge is 0.368 e. The maximum atomic E-state index is 12.4. The third kappa shape index (κ3) is 4.40. The van der Waals surface area contributed by atoms with Crippen molar-refractivity contribution in [2.24, 2.45) is 7.05 Å². The van der Waals surface area contributed by atoms with Crippen molar-refractivity contribution in [2.75, 3.05) is 14.2 Å². The molecule has 4 aromatic rings. The molecule has 0 aliphatic heterocycles. The number of ether oxygens (including phenoxy) is 3. The van der Waals surface area contributed by atoms with Crippen LogP contribution in [0, 0.1) is 6.92 Å². The van der Waals surface area contributed by atoms with Gasteiger partial charge in [0.25, 0.3) is 0 Å². The zero-order valence-electron chi connectivity index (χ0n) is 18.6. The van der Waals surface area contributed by atoms with Gasteiger partial charge in [0, 0.05) is 24.2 Å². The SMILES string of the molecule is COc1ccc(-c2ccc(Cl)c(OCc3c(C)cccc3-n3nnn(C)c3=O)c2)c(OC)n1. The van der Waals surface area contributed by atoms with Crippen molar-refractivity contribution in [3.05, 3.63) is 75.2 Å². The zero-order valence-corrected chi connectivity index (χ0v) is 19.3. The van der Waals surface area contributed by atoms with Gasteiger partial charge in [-0.1, -0.05) is 29.8 Å². The van der Waals surface area contributed by atoms with Crippen molar-refractivity contribution in [2.45, 2.75) is 13.5 Å². The number of pyridine rings is 1. The maximum absolute atomic E-state index is 12.4. The topological polar surface area (TPSA) is 93.3 Å². The summed E-state index contributed by atoms with van der Waals surface area (Å²) in [5.41, 5.74) is 3.57. The van der Waals surface area contributed by atoms with Gasteiger partial charge in [-0.2, -0.15) is 14.3 Å². The van der Waals surface area contributed by atoms with Crippen LogP contribution >= 0.6 is 11.6 Å². The average Bonchev–Trinajstić information content (AvgIpc) is 3.16. The van der Waals surface area contributed by atoms with E-state index < -0.39 is 0 Å². The first-order valence-electron chi connectivity index (χ1n) is 10.0. The van der Waals surface area contributed by atoms with Crippen LogP contribution in [0.4, 0.5) is 0 Å². The van der Waals surface area contributed by atoms with Crippen LogP contribution in [-0.2, 0) is 13.7 Å². The quantitative estimate of drug-likeness (QED) is 0.410. The summed E-state index contributed by atoms with van der Waals surface area (Å²) >= 11 is 6.42. The molecule has 0 aliphatic carbocycles. The molecule has 0 spiro atoms. The van der Waals surface area contributed by atoms with Crippen LogP contribution in [-0.4, -0.2) is 39.0 Å². The van der Waals surface area contributed by atoms with Crippen molar-refractivity contribution >= 4 is 11.6 Å². The van der Waals surface area contributed by atoms with Crippen molar-refractivity contribution in [3.8, 4) is 34.3 Å².